The van der Waals surface area contributed by atoms with Crippen LogP contribution in [0.25, 0.3) is 0 Å². The molecule has 36 heavy (non-hydrogen) atoms. The van der Waals surface area contributed by atoms with Gasteiger partial charge in [0.2, 0.25) is 5.95 Å². The smallest absolute Gasteiger partial charge is 0.273 e. The Hall–Kier alpha value is -3.30. The Kier molecular flexibility index (Phi) is 7.15. The van der Waals surface area contributed by atoms with Crippen molar-refractivity contribution in [2.75, 3.05) is 0 Å². The molecule has 0 spiro atoms. The van der Waals surface area contributed by atoms with E-state index in [1.165, 1.54) is 6.07 Å². The number of halogens is 2. The topological polar surface area (TPSA) is 102 Å². The molecule has 0 aromatic carbocycles. The number of nitrogens with zero attached hydrogens (tertiary/aromatic N) is 4. The molecule has 8 nitrogen and oxygen atoms in total. The van der Waals surface area contributed by atoms with E-state index in [9.17, 15) is 14.3 Å². The third kappa shape index (κ3) is 5.27. The van der Waals surface area contributed by atoms with Gasteiger partial charge in [0.25, 0.3) is 5.56 Å². The predicted molar refractivity (Wildman–Crippen MR) is 134 cm³/mol. The maximum atomic E-state index is 13.4. The SMILES string of the molecule is CC1=CN[C@@H](c2nc(C(C)(C)O)ncc2C)C[C@H]1n1c(C)cc(OCc2cccc(F)n2)c(Cl)c1=O. The van der Waals surface area contributed by atoms with Crippen molar-refractivity contribution in [3.63, 3.8) is 0 Å². The summed E-state index contributed by atoms with van der Waals surface area (Å²) in [5, 5.41) is 13.7. The maximum absolute atomic E-state index is 13.4. The van der Waals surface area contributed by atoms with Crippen LogP contribution < -0.4 is 15.6 Å². The largest absolute Gasteiger partial charge is 0.485 e. The molecule has 2 atom stereocenters. The molecule has 0 unspecified atom stereocenters. The number of aliphatic hydroxyl groups is 1. The standard InChI is InChI=1S/C26H29ClFN5O3/c1-14-11-29-18(23-15(2)12-30-25(32-23)26(4,5)35)10-19(14)33-16(3)9-20(22(27)24(33)34)36-13-17-7-6-8-21(28)31-17/h6-9,11-12,18-19,29,35H,10,13H2,1-5H3/t18-,19-/m1/s1. The Morgan fingerprint density at radius 3 is 2.72 bits per heavy atom. The highest BCUT2D eigenvalue weighted by Gasteiger charge is 2.30. The molecular weight excluding hydrogens is 485 g/mol. The van der Waals surface area contributed by atoms with Crippen LogP contribution in [-0.2, 0) is 12.2 Å². The molecule has 1 aliphatic rings. The number of rotatable bonds is 6. The maximum Gasteiger partial charge on any atom is 0.273 e. The molecule has 3 aromatic heterocycles. The Morgan fingerprint density at radius 1 is 1.28 bits per heavy atom. The van der Waals surface area contributed by atoms with E-state index in [2.05, 4.69) is 20.3 Å². The van der Waals surface area contributed by atoms with Crippen molar-refractivity contribution in [2.45, 2.75) is 65.3 Å². The Labute approximate surface area is 213 Å². The second-order valence-electron chi connectivity index (χ2n) is 9.56. The lowest BCUT2D eigenvalue weighted by molar-refractivity contribution is 0.0682. The third-order valence-corrected chi connectivity index (χ3v) is 6.54. The molecule has 10 heteroatoms. The molecule has 1 aliphatic heterocycles. The third-order valence-electron chi connectivity index (χ3n) is 6.19. The molecule has 0 amide bonds. The number of ether oxygens (including phenoxy) is 1. The van der Waals surface area contributed by atoms with Crippen molar-refractivity contribution < 1.29 is 14.2 Å². The van der Waals surface area contributed by atoms with Gasteiger partial charge in [0.05, 0.1) is 23.5 Å². The zero-order valence-electron chi connectivity index (χ0n) is 20.8. The summed E-state index contributed by atoms with van der Waals surface area (Å²) < 4.78 is 20.8. The summed E-state index contributed by atoms with van der Waals surface area (Å²) in [6.45, 7) is 8.94. The van der Waals surface area contributed by atoms with E-state index in [1.54, 1.807) is 42.8 Å². The highest BCUT2D eigenvalue weighted by atomic mass is 35.5. The molecule has 4 heterocycles. The summed E-state index contributed by atoms with van der Waals surface area (Å²) >= 11 is 6.45. The number of allylic oxidation sites excluding steroid dienone is 1. The van der Waals surface area contributed by atoms with Crippen LogP contribution in [0.2, 0.25) is 5.02 Å². The van der Waals surface area contributed by atoms with Crippen LogP contribution in [0.5, 0.6) is 5.75 Å². The molecular formula is C26H29ClFN5O3. The zero-order valence-corrected chi connectivity index (χ0v) is 21.6. The number of aryl methyl sites for hydroxylation is 2. The fraction of sp³-hybridized carbons (Fsp3) is 0.385. The molecule has 0 radical (unpaired) electrons. The molecule has 3 aromatic rings. The molecule has 2 N–H and O–H groups in total. The summed E-state index contributed by atoms with van der Waals surface area (Å²) in [5.74, 6) is -0.0569. The summed E-state index contributed by atoms with van der Waals surface area (Å²) in [6.07, 6.45) is 4.12. The van der Waals surface area contributed by atoms with Crippen molar-refractivity contribution in [1.82, 2.24) is 24.8 Å². The van der Waals surface area contributed by atoms with Crippen LogP contribution in [0.1, 0.15) is 67.7 Å². The van der Waals surface area contributed by atoms with Gasteiger partial charge in [-0.2, -0.15) is 4.39 Å². The number of aromatic nitrogens is 4. The Balaban J connectivity index is 1.64. The first-order valence-corrected chi connectivity index (χ1v) is 12.0. The lowest BCUT2D eigenvalue weighted by Crippen LogP contribution is -2.35. The zero-order chi connectivity index (χ0) is 26.2. The van der Waals surface area contributed by atoms with Crippen LogP contribution in [0.15, 0.2) is 47.0 Å². The first-order chi connectivity index (χ1) is 17.0. The average molecular weight is 514 g/mol. The first kappa shape index (κ1) is 25.8. The minimum absolute atomic E-state index is 0.0226. The van der Waals surface area contributed by atoms with Crippen molar-refractivity contribution in [2.24, 2.45) is 0 Å². The second kappa shape index (κ2) is 9.99. The summed E-state index contributed by atoms with van der Waals surface area (Å²) in [5.41, 5.74) is 2.09. The van der Waals surface area contributed by atoms with Crippen molar-refractivity contribution in [3.05, 3.63) is 92.0 Å². The van der Waals surface area contributed by atoms with Gasteiger partial charge in [-0.05, 0) is 70.5 Å². The molecule has 0 bridgehead atoms. The fourth-order valence-electron chi connectivity index (χ4n) is 4.28. The van der Waals surface area contributed by atoms with Crippen LogP contribution in [-0.4, -0.2) is 24.6 Å². The number of hydrogen-bond donors (Lipinski definition) is 2. The van der Waals surface area contributed by atoms with Crippen LogP contribution in [0, 0.1) is 19.8 Å². The van der Waals surface area contributed by atoms with E-state index in [-0.39, 0.29) is 35.0 Å². The van der Waals surface area contributed by atoms with Gasteiger partial charge in [0, 0.05) is 18.0 Å². The number of hydrogen-bond acceptors (Lipinski definition) is 7. The van der Waals surface area contributed by atoms with Crippen LogP contribution in [0.4, 0.5) is 4.39 Å². The molecule has 0 saturated carbocycles. The van der Waals surface area contributed by atoms with E-state index >= 15 is 0 Å². The van der Waals surface area contributed by atoms with Gasteiger partial charge in [-0.15, -0.1) is 0 Å². The Morgan fingerprint density at radius 2 is 2.03 bits per heavy atom. The second-order valence-corrected chi connectivity index (χ2v) is 9.94. The summed E-state index contributed by atoms with van der Waals surface area (Å²) in [6, 6.07) is 5.64. The first-order valence-electron chi connectivity index (χ1n) is 11.6. The lowest BCUT2D eigenvalue weighted by Gasteiger charge is -2.33. The van der Waals surface area contributed by atoms with E-state index < -0.39 is 11.5 Å². The minimum atomic E-state index is -1.18. The minimum Gasteiger partial charge on any atom is -0.485 e. The predicted octanol–water partition coefficient (Wildman–Crippen LogP) is 4.43. The van der Waals surface area contributed by atoms with Gasteiger partial charge in [-0.25, -0.2) is 15.0 Å². The number of nitrogens with one attached hydrogen (secondary N) is 1. The molecule has 190 valence electrons. The lowest BCUT2D eigenvalue weighted by atomic mass is 9.93. The normalized spacial score (nSPS) is 17.9. The van der Waals surface area contributed by atoms with E-state index in [4.69, 9.17) is 16.3 Å². The molecule has 0 aliphatic carbocycles. The van der Waals surface area contributed by atoms with E-state index in [0.717, 1.165) is 16.8 Å². The summed E-state index contributed by atoms with van der Waals surface area (Å²) in [7, 11) is 0. The van der Waals surface area contributed by atoms with Gasteiger partial charge in [0.1, 0.15) is 23.0 Å². The Bertz CT molecular complexity index is 1380. The molecule has 0 saturated heterocycles. The highest BCUT2D eigenvalue weighted by molar-refractivity contribution is 6.31. The fourth-order valence-corrected chi connectivity index (χ4v) is 4.48. The monoisotopic (exact) mass is 513 g/mol. The average Bonchev–Trinajstić information content (AvgIpc) is 2.81. The van der Waals surface area contributed by atoms with Crippen LogP contribution >= 0.6 is 11.6 Å². The van der Waals surface area contributed by atoms with Crippen molar-refractivity contribution in [3.8, 4) is 5.75 Å². The van der Waals surface area contributed by atoms with Crippen LogP contribution in [0.3, 0.4) is 0 Å². The van der Waals surface area contributed by atoms with E-state index in [0.29, 0.717) is 23.6 Å². The van der Waals surface area contributed by atoms with Gasteiger partial charge in [-0.1, -0.05) is 17.7 Å². The summed E-state index contributed by atoms with van der Waals surface area (Å²) in [4.78, 5) is 26.1. The van der Waals surface area contributed by atoms with Gasteiger partial charge in [0.15, 0.2) is 5.82 Å². The van der Waals surface area contributed by atoms with Gasteiger partial charge in [-0.3, -0.25) is 4.79 Å². The molecule has 4 rings (SSSR count). The quantitative estimate of drug-likeness (QED) is 0.470. The highest BCUT2D eigenvalue weighted by Crippen LogP contribution is 2.35. The van der Waals surface area contributed by atoms with E-state index in [1.807, 2.05) is 27.0 Å². The van der Waals surface area contributed by atoms with Gasteiger partial charge < -0.3 is 19.7 Å². The van der Waals surface area contributed by atoms with Crippen molar-refractivity contribution >= 4 is 11.6 Å². The number of pyridine rings is 2. The van der Waals surface area contributed by atoms with Crippen molar-refractivity contribution in [1.29, 1.82) is 0 Å². The van der Waals surface area contributed by atoms with Gasteiger partial charge >= 0.3 is 0 Å². The molecule has 0 fully saturated rings.